The quantitative estimate of drug-likeness (QED) is 0.603. The number of rotatable bonds is 6. The maximum atomic E-state index is 14.2. The zero-order valence-corrected chi connectivity index (χ0v) is 17.0. The van der Waals surface area contributed by atoms with Gasteiger partial charge in [-0.3, -0.25) is 9.69 Å². The van der Waals surface area contributed by atoms with Crippen LogP contribution in [-0.4, -0.2) is 68.6 Å². The molecule has 3 aromatic rings. The zero-order chi connectivity index (χ0) is 21.6. The van der Waals surface area contributed by atoms with Crippen LogP contribution in [0, 0.1) is 17.1 Å². The van der Waals surface area contributed by atoms with E-state index in [1.807, 2.05) is 35.2 Å². The molecule has 1 fully saturated rings. The highest BCUT2D eigenvalue weighted by Crippen LogP contribution is 2.14. The molecule has 31 heavy (non-hydrogen) atoms. The minimum absolute atomic E-state index is 0.0823. The van der Waals surface area contributed by atoms with E-state index in [1.165, 1.54) is 12.4 Å². The van der Waals surface area contributed by atoms with Crippen LogP contribution in [0.5, 0.6) is 0 Å². The number of amides is 1. The number of piperazine rings is 1. The first kappa shape index (κ1) is 20.6. The third-order valence-corrected chi connectivity index (χ3v) is 5.53. The van der Waals surface area contributed by atoms with E-state index in [0.29, 0.717) is 38.0 Å². The van der Waals surface area contributed by atoms with Crippen LogP contribution in [0.25, 0.3) is 5.69 Å². The summed E-state index contributed by atoms with van der Waals surface area (Å²) in [5.74, 6) is -0.326. The van der Waals surface area contributed by atoms with Gasteiger partial charge in [0.05, 0.1) is 17.7 Å². The van der Waals surface area contributed by atoms with Crippen LogP contribution in [-0.2, 0) is 17.6 Å². The van der Waals surface area contributed by atoms with Crippen LogP contribution < -0.4 is 0 Å². The van der Waals surface area contributed by atoms with Gasteiger partial charge in [0, 0.05) is 32.7 Å². The third-order valence-electron chi connectivity index (χ3n) is 5.53. The van der Waals surface area contributed by atoms with Crippen molar-refractivity contribution in [2.45, 2.75) is 12.8 Å². The van der Waals surface area contributed by atoms with Gasteiger partial charge < -0.3 is 4.90 Å². The van der Waals surface area contributed by atoms with E-state index >= 15 is 0 Å². The van der Waals surface area contributed by atoms with Crippen LogP contribution in [0.4, 0.5) is 4.39 Å². The number of nitriles is 1. The van der Waals surface area contributed by atoms with Crippen molar-refractivity contribution < 1.29 is 9.18 Å². The molecule has 0 bridgehead atoms. The molecule has 1 aliphatic rings. The lowest BCUT2D eigenvalue weighted by atomic mass is 10.1. The number of hydrogen-bond acceptors (Lipinski definition) is 6. The van der Waals surface area contributed by atoms with Gasteiger partial charge in [-0.05, 0) is 46.2 Å². The fourth-order valence-corrected chi connectivity index (χ4v) is 3.69. The van der Waals surface area contributed by atoms with Crippen molar-refractivity contribution in [1.29, 1.82) is 5.26 Å². The molecule has 0 saturated carbocycles. The molecule has 158 valence electrons. The van der Waals surface area contributed by atoms with Crippen LogP contribution in [0.1, 0.15) is 16.7 Å². The number of nitrogens with zero attached hydrogens (tertiary/aromatic N) is 7. The van der Waals surface area contributed by atoms with Crippen molar-refractivity contribution in [2.24, 2.45) is 0 Å². The number of carbonyl (C=O) groups is 1. The van der Waals surface area contributed by atoms with Gasteiger partial charge in [0.2, 0.25) is 5.91 Å². The lowest BCUT2D eigenvalue weighted by Gasteiger charge is -2.35. The average Bonchev–Trinajstić information content (AvgIpc) is 3.34. The lowest BCUT2D eigenvalue weighted by Crippen LogP contribution is -2.49. The van der Waals surface area contributed by atoms with Gasteiger partial charge in [-0.15, -0.1) is 5.10 Å². The predicted molar refractivity (Wildman–Crippen MR) is 111 cm³/mol. The van der Waals surface area contributed by atoms with Gasteiger partial charge in [-0.25, -0.2) is 9.07 Å². The molecule has 0 radical (unpaired) electrons. The summed E-state index contributed by atoms with van der Waals surface area (Å²) in [4.78, 5) is 16.8. The summed E-state index contributed by atoms with van der Waals surface area (Å²) in [5, 5.41) is 20.0. The second kappa shape index (κ2) is 9.45. The van der Waals surface area contributed by atoms with Gasteiger partial charge in [-0.2, -0.15) is 5.26 Å². The summed E-state index contributed by atoms with van der Waals surface area (Å²) in [7, 11) is 0. The third kappa shape index (κ3) is 4.92. The highest BCUT2D eigenvalue weighted by molar-refractivity contribution is 5.79. The number of benzene rings is 2. The van der Waals surface area contributed by atoms with Crippen LogP contribution in [0.15, 0.2) is 48.8 Å². The van der Waals surface area contributed by atoms with E-state index in [2.05, 4.69) is 20.4 Å². The Morgan fingerprint density at radius 1 is 1.10 bits per heavy atom. The molecule has 8 nitrogen and oxygen atoms in total. The molecule has 1 aliphatic heterocycles. The van der Waals surface area contributed by atoms with E-state index in [1.54, 1.807) is 16.8 Å². The Labute approximate surface area is 179 Å². The first-order valence-corrected chi connectivity index (χ1v) is 10.1. The molecule has 2 heterocycles. The second-order valence-corrected chi connectivity index (χ2v) is 7.46. The summed E-state index contributed by atoms with van der Waals surface area (Å²) in [6.07, 6.45) is 2.42. The van der Waals surface area contributed by atoms with E-state index in [4.69, 9.17) is 5.26 Å². The van der Waals surface area contributed by atoms with Crippen molar-refractivity contribution in [3.63, 3.8) is 0 Å². The Hall–Kier alpha value is -3.64. The predicted octanol–water partition coefficient (Wildman–Crippen LogP) is 1.60. The number of carbonyl (C=O) groups excluding carboxylic acids is 1. The van der Waals surface area contributed by atoms with Crippen LogP contribution >= 0.6 is 0 Å². The summed E-state index contributed by atoms with van der Waals surface area (Å²) < 4.78 is 15.8. The summed E-state index contributed by atoms with van der Waals surface area (Å²) in [6, 6.07) is 14.4. The highest BCUT2D eigenvalue weighted by Gasteiger charge is 2.21. The van der Waals surface area contributed by atoms with Gasteiger partial charge in [0.15, 0.2) is 0 Å². The summed E-state index contributed by atoms with van der Waals surface area (Å²) in [5.41, 5.74) is 2.42. The van der Waals surface area contributed by atoms with Crippen LogP contribution in [0.2, 0.25) is 0 Å². The monoisotopic (exact) mass is 419 g/mol. The second-order valence-electron chi connectivity index (χ2n) is 7.46. The Kier molecular flexibility index (Phi) is 6.29. The maximum Gasteiger partial charge on any atom is 0.227 e. The van der Waals surface area contributed by atoms with Gasteiger partial charge in [0.25, 0.3) is 0 Å². The highest BCUT2D eigenvalue weighted by atomic mass is 19.1. The molecule has 1 amide bonds. The van der Waals surface area contributed by atoms with E-state index in [0.717, 1.165) is 24.3 Å². The fraction of sp³-hybridized carbons (Fsp3) is 0.318. The van der Waals surface area contributed by atoms with Crippen molar-refractivity contribution in [2.75, 3.05) is 32.7 Å². The van der Waals surface area contributed by atoms with Crippen LogP contribution in [0.3, 0.4) is 0 Å². The van der Waals surface area contributed by atoms with Crippen molar-refractivity contribution in [3.05, 3.63) is 71.3 Å². The largest absolute Gasteiger partial charge is 0.340 e. The molecule has 9 heteroatoms. The number of aromatic nitrogens is 4. The topological polar surface area (TPSA) is 90.9 Å². The van der Waals surface area contributed by atoms with Crippen molar-refractivity contribution in [1.82, 2.24) is 30.0 Å². The smallest absolute Gasteiger partial charge is 0.227 e. The normalized spacial score (nSPS) is 14.4. The van der Waals surface area contributed by atoms with Crippen molar-refractivity contribution >= 4 is 5.91 Å². The molecular formula is C22H22FN7O. The minimum atomic E-state index is -0.426. The molecule has 0 N–H and O–H groups in total. The Morgan fingerprint density at radius 2 is 1.87 bits per heavy atom. The van der Waals surface area contributed by atoms with Gasteiger partial charge in [0.1, 0.15) is 18.2 Å². The molecular weight excluding hydrogens is 397 g/mol. The first-order chi connectivity index (χ1) is 15.1. The van der Waals surface area contributed by atoms with Crippen molar-refractivity contribution in [3.8, 4) is 11.8 Å². The van der Waals surface area contributed by atoms with Gasteiger partial charge >= 0.3 is 0 Å². The minimum Gasteiger partial charge on any atom is -0.340 e. The zero-order valence-electron chi connectivity index (χ0n) is 17.0. The average molecular weight is 419 g/mol. The molecule has 0 aliphatic carbocycles. The van der Waals surface area contributed by atoms with E-state index in [9.17, 15) is 9.18 Å². The number of halogens is 1. The molecule has 0 unspecified atom stereocenters. The maximum absolute atomic E-state index is 14.2. The molecule has 0 spiro atoms. The fourth-order valence-electron chi connectivity index (χ4n) is 3.69. The summed E-state index contributed by atoms with van der Waals surface area (Å²) >= 11 is 0. The van der Waals surface area contributed by atoms with E-state index < -0.39 is 5.82 Å². The van der Waals surface area contributed by atoms with Gasteiger partial charge in [-0.1, -0.05) is 24.3 Å². The van der Waals surface area contributed by atoms with E-state index in [-0.39, 0.29) is 11.5 Å². The standard InChI is InChI=1S/C22H22FN7O/c23-22-18(2-1-3-19(22)15-24)8-9-28-10-12-29(13-11-28)21(31)14-17-4-6-20(7-5-17)30-16-25-26-27-30/h1-7,16H,8-14H2. The number of hydrogen-bond donors (Lipinski definition) is 0. The molecule has 0 atom stereocenters. The Balaban J connectivity index is 1.25. The first-order valence-electron chi connectivity index (χ1n) is 10.1. The molecule has 1 aromatic heterocycles. The number of tetrazole rings is 1. The summed E-state index contributed by atoms with van der Waals surface area (Å²) in [6.45, 7) is 3.52. The molecule has 1 saturated heterocycles. The Morgan fingerprint density at radius 3 is 2.55 bits per heavy atom. The lowest BCUT2D eigenvalue weighted by molar-refractivity contribution is -0.132. The molecule has 4 rings (SSSR count). The Bertz CT molecular complexity index is 1070. The molecule has 2 aromatic carbocycles. The SMILES string of the molecule is N#Cc1cccc(CCN2CCN(C(=O)Cc3ccc(-n4cnnn4)cc3)CC2)c1F.